The number of ether oxygens (including phenoxy) is 3. The summed E-state index contributed by atoms with van der Waals surface area (Å²) in [6.45, 7) is 7.44. The molecule has 0 bridgehead atoms. The summed E-state index contributed by atoms with van der Waals surface area (Å²) in [6, 6.07) is 4.36. The second-order valence-electron chi connectivity index (χ2n) is 5.69. The first-order valence-corrected chi connectivity index (χ1v) is 7.71. The van der Waals surface area contributed by atoms with Gasteiger partial charge >= 0.3 is 32.7 Å². The third kappa shape index (κ3) is 8.49. The van der Waals surface area contributed by atoms with Crippen LogP contribution in [0.3, 0.4) is 0 Å². The van der Waals surface area contributed by atoms with Crippen molar-refractivity contribution in [2.45, 2.75) is 39.5 Å². The van der Waals surface area contributed by atoms with Gasteiger partial charge in [-0.25, -0.2) is 0 Å². The molecule has 1 unspecified atom stereocenters. The number of carbonyl (C=O) groups is 2. The number of benzene rings is 1. The molecule has 1 atom stereocenters. The van der Waals surface area contributed by atoms with E-state index in [9.17, 15) is 9.59 Å². The van der Waals surface area contributed by atoms with Crippen molar-refractivity contribution in [3.8, 4) is 5.75 Å². The molecule has 0 radical (unpaired) electrons. The van der Waals surface area contributed by atoms with E-state index in [-0.39, 0.29) is 38.8 Å². The molecule has 0 heterocycles. The second-order valence-corrected chi connectivity index (χ2v) is 5.69. The van der Waals surface area contributed by atoms with E-state index in [1.807, 2.05) is 26.0 Å². The van der Waals surface area contributed by atoms with Gasteiger partial charge in [-0.15, -0.1) is 12.1 Å². The number of aldehydes is 1. The Kier molecular flexibility index (Phi) is 13.6. The molecule has 8 heteroatoms. The van der Waals surface area contributed by atoms with Crippen molar-refractivity contribution in [3.05, 3.63) is 41.0 Å². The molecule has 1 rings (SSSR count). The summed E-state index contributed by atoms with van der Waals surface area (Å²) in [5.74, 6) is 0.959. The van der Waals surface area contributed by atoms with Gasteiger partial charge in [-0.1, -0.05) is 20.8 Å². The van der Waals surface area contributed by atoms with Crippen molar-refractivity contribution in [2.24, 2.45) is 0 Å². The van der Waals surface area contributed by atoms with E-state index < -0.39 is 11.8 Å². The van der Waals surface area contributed by atoms with Gasteiger partial charge in [-0.05, 0) is 6.92 Å². The molecule has 0 aliphatic carbocycles. The molecule has 0 aromatic heterocycles. The Morgan fingerprint density at radius 3 is 2.15 bits per heavy atom. The molecule has 0 fully saturated rings. The van der Waals surface area contributed by atoms with E-state index >= 15 is 0 Å². The van der Waals surface area contributed by atoms with Crippen molar-refractivity contribution in [1.82, 2.24) is 5.32 Å². The number of rotatable bonds is 7. The normalized spacial score (nSPS) is 11.2. The average Bonchev–Trinajstić information content (AvgIpc) is 2.60. The first kappa shape index (κ1) is 27.1. The predicted octanol–water partition coefficient (Wildman–Crippen LogP) is 3.61. The zero-order valence-electron chi connectivity index (χ0n) is 16.5. The topological polar surface area (TPSA) is 97.7 Å². The Bertz CT molecular complexity index is 563. The first-order valence-electron chi connectivity index (χ1n) is 7.71. The monoisotopic (exact) mass is 441 g/mol. The van der Waals surface area contributed by atoms with Crippen molar-refractivity contribution < 1.29 is 56.5 Å². The zero-order valence-corrected chi connectivity index (χ0v) is 19.3. The van der Waals surface area contributed by atoms with Crippen LogP contribution in [-0.4, -0.2) is 45.5 Å². The third-order valence-corrected chi connectivity index (χ3v) is 3.88. The minimum absolute atomic E-state index is 0. The number of carbonyl (C=O) groups excluding carboxylic acids is 2. The molecule has 0 saturated heterocycles. The minimum Gasteiger partial charge on any atom is -0.509 e. The molecule has 26 heavy (non-hydrogen) atoms. The molecule has 1 aromatic rings. The number of methoxy groups -OCH3 is 3. The predicted molar refractivity (Wildman–Crippen MR) is 96.8 cm³/mol. The fourth-order valence-electron chi connectivity index (χ4n) is 1.88. The zero-order chi connectivity index (χ0) is 19.6. The average molecular weight is 441 g/mol. The SMILES string of the molecule is COC(C)(OC)C(C)NC([NH-])=O.COc1cc([C-](C)C)ccc1C=O.[Y+3]. The van der Waals surface area contributed by atoms with E-state index in [4.69, 9.17) is 19.9 Å². The summed E-state index contributed by atoms with van der Waals surface area (Å²) in [7, 11) is 4.53. The maximum atomic E-state index is 10.6. The summed E-state index contributed by atoms with van der Waals surface area (Å²) in [5.41, 5.74) is 8.37. The van der Waals surface area contributed by atoms with Gasteiger partial charge in [0.2, 0.25) is 0 Å². The van der Waals surface area contributed by atoms with Crippen LogP contribution in [0.25, 0.3) is 5.73 Å². The number of nitrogens with one attached hydrogen (secondary N) is 2. The van der Waals surface area contributed by atoms with Gasteiger partial charge in [-0.2, -0.15) is 17.5 Å². The Hall–Kier alpha value is -1.15. The third-order valence-electron chi connectivity index (χ3n) is 3.88. The smallest absolute Gasteiger partial charge is 0.509 e. The van der Waals surface area contributed by atoms with Gasteiger partial charge < -0.3 is 25.3 Å². The number of urea groups is 1. The molecule has 142 valence electrons. The molecule has 7 nitrogen and oxygen atoms in total. The van der Waals surface area contributed by atoms with Gasteiger partial charge in [0.05, 0.1) is 12.9 Å². The van der Waals surface area contributed by atoms with Gasteiger partial charge in [0, 0.05) is 25.8 Å². The maximum Gasteiger partial charge on any atom is 3.00 e. The van der Waals surface area contributed by atoms with E-state index in [2.05, 4.69) is 5.32 Å². The van der Waals surface area contributed by atoms with E-state index in [1.54, 1.807) is 27.0 Å². The van der Waals surface area contributed by atoms with Crippen LogP contribution in [0.1, 0.15) is 43.6 Å². The van der Waals surface area contributed by atoms with E-state index in [0.29, 0.717) is 11.3 Å². The summed E-state index contributed by atoms with van der Waals surface area (Å²) in [6.07, 6.45) is 0.799. The van der Waals surface area contributed by atoms with Gasteiger partial charge in [0.1, 0.15) is 0 Å². The molecule has 0 aliphatic rings. The molecule has 0 aliphatic heterocycles. The summed E-state index contributed by atoms with van der Waals surface area (Å²) < 4.78 is 15.1. The largest absolute Gasteiger partial charge is 3.00 e. The Morgan fingerprint density at radius 2 is 1.81 bits per heavy atom. The van der Waals surface area contributed by atoms with Crippen LogP contribution in [0.4, 0.5) is 4.79 Å². The minimum atomic E-state index is -0.878. The molecule has 2 amide bonds. The van der Waals surface area contributed by atoms with Gasteiger partial charge in [0.25, 0.3) is 0 Å². The number of hydrogen-bond donors (Lipinski definition) is 1. The van der Waals surface area contributed by atoms with Gasteiger partial charge in [0.15, 0.2) is 18.1 Å². The van der Waals surface area contributed by atoms with Crippen LogP contribution in [0.2, 0.25) is 0 Å². The second kappa shape index (κ2) is 13.1. The van der Waals surface area contributed by atoms with E-state index in [0.717, 1.165) is 11.8 Å². The molecule has 2 N–H and O–H groups in total. The van der Waals surface area contributed by atoms with Crippen LogP contribution in [0.15, 0.2) is 18.2 Å². The van der Waals surface area contributed by atoms with Crippen molar-refractivity contribution in [3.63, 3.8) is 0 Å². The van der Waals surface area contributed by atoms with Crippen molar-refractivity contribution >= 4 is 12.3 Å². The van der Waals surface area contributed by atoms with Crippen LogP contribution >= 0.6 is 0 Å². The van der Waals surface area contributed by atoms with Gasteiger partial charge in [-0.3, -0.25) is 9.59 Å². The Morgan fingerprint density at radius 1 is 1.27 bits per heavy atom. The Balaban J connectivity index is 0. The van der Waals surface area contributed by atoms with Crippen LogP contribution in [-0.2, 0) is 42.2 Å². The van der Waals surface area contributed by atoms with Crippen LogP contribution in [0.5, 0.6) is 5.75 Å². The molecular weight excluding hydrogens is 413 g/mol. The summed E-state index contributed by atoms with van der Waals surface area (Å²) in [5, 5.41) is 2.36. The fraction of sp³-hybridized carbons (Fsp3) is 0.500. The number of hydrogen-bond acceptors (Lipinski definition) is 5. The van der Waals surface area contributed by atoms with Crippen LogP contribution < -0.4 is 10.1 Å². The summed E-state index contributed by atoms with van der Waals surface area (Å²) in [4.78, 5) is 21.0. The standard InChI is InChI=1S/C11H13O2.C7H16N2O3.Y/c1-8(2)9-4-5-10(7-12)11(6-9)13-3;1-5(9-6(8)10)7(2,11-3)12-4;/h4-7H,1-3H3;5H,1-4H3,(H3,8,9,10);/q-1;;+3/p-1. The molecular formula is C18H28N2O5Y+. The van der Waals surface area contributed by atoms with Crippen molar-refractivity contribution in [1.29, 1.82) is 0 Å². The van der Waals surface area contributed by atoms with Crippen LogP contribution in [0, 0.1) is 5.92 Å². The van der Waals surface area contributed by atoms with E-state index in [1.165, 1.54) is 20.1 Å². The van der Waals surface area contributed by atoms with Crippen molar-refractivity contribution in [2.75, 3.05) is 21.3 Å². The molecule has 0 spiro atoms. The first-order chi connectivity index (χ1) is 11.6. The fourth-order valence-corrected chi connectivity index (χ4v) is 1.88. The molecule has 1 aromatic carbocycles. The Labute approximate surface area is 181 Å². The quantitative estimate of drug-likeness (QED) is 0.396. The molecule has 0 saturated carbocycles. The maximum absolute atomic E-state index is 10.6. The summed E-state index contributed by atoms with van der Waals surface area (Å²) >= 11 is 0. The number of amides is 2.